The van der Waals surface area contributed by atoms with Crippen molar-refractivity contribution in [1.82, 2.24) is 15.1 Å². The van der Waals surface area contributed by atoms with E-state index in [1.165, 1.54) is 4.90 Å². The molecule has 3 amide bonds. The second kappa shape index (κ2) is 12.0. The monoisotopic (exact) mass is 553 g/mol. The van der Waals surface area contributed by atoms with Crippen LogP contribution < -0.4 is 5.32 Å². The van der Waals surface area contributed by atoms with Gasteiger partial charge < -0.3 is 24.6 Å². The number of fused-ring (bicyclic) bond motifs is 1. The Bertz CT molecular complexity index is 1530. The van der Waals surface area contributed by atoms with E-state index in [0.29, 0.717) is 12.1 Å². The van der Waals surface area contributed by atoms with Crippen molar-refractivity contribution in [3.63, 3.8) is 0 Å². The average molecular weight is 554 g/mol. The van der Waals surface area contributed by atoms with Gasteiger partial charge in [-0.15, -0.1) is 0 Å². The number of amides is 3. The molecule has 0 radical (unpaired) electrons. The summed E-state index contributed by atoms with van der Waals surface area (Å²) in [6.07, 6.45) is -0.506. The van der Waals surface area contributed by atoms with Gasteiger partial charge in [0.2, 0.25) is 11.8 Å². The lowest BCUT2D eigenvalue weighted by Crippen LogP contribution is -2.54. The van der Waals surface area contributed by atoms with Crippen LogP contribution in [0.2, 0.25) is 0 Å². The van der Waals surface area contributed by atoms with Crippen molar-refractivity contribution in [1.29, 1.82) is 0 Å². The Balaban J connectivity index is 1.37. The molecule has 1 aliphatic rings. The Morgan fingerprint density at radius 1 is 0.976 bits per heavy atom. The third-order valence-corrected chi connectivity index (χ3v) is 7.74. The molecule has 212 valence electrons. The molecule has 3 aromatic carbocycles. The van der Waals surface area contributed by atoms with Gasteiger partial charge in [0.15, 0.2) is 5.76 Å². The molecular formula is C33H35N3O5. The number of aliphatic hydroxyl groups is 1. The van der Waals surface area contributed by atoms with Crippen LogP contribution in [0.1, 0.15) is 39.2 Å². The largest absolute Gasteiger partial charge is 0.451 e. The number of carbonyl (C=O) groups is 3. The minimum absolute atomic E-state index is 0.00234. The van der Waals surface area contributed by atoms with Gasteiger partial charge in [-0.1, -0.05) is 66.7 Å². The van der Waals surface area contributed by atoms with E-state index in [4.69, 9.17) is 4.42 Å². The molecule has 3 atom stereocenters. The topological polar surface area (TPSA) is 103 Å². The molecular weight excluding hydrogens is 518 g/mol. The number of rotatable bonds is 8. The van der Waals surface area contributed by atoms with Crippen LogP contribution >= 0.6 is 0 Å². The summed E-state index contributed by atoms with van der Waals surface area (Å²) in [6.45, 7) is 4.42. The molecule has 1 aromatic heterocycles. The van der Waals surface area contributed by atoms with E-state index in [-0.39, 0.29) is 31.1 Å². The zero-order valence-corrected chi connectivity index (χ0v) is 23.5. The summed E-state index contributed by atoms with van der Waals surface area (Å²) < 4.78 is 5.75. The maximum atomic E-state index is 13.7. The van der Waals surface area contributed by atoms with Crippen LogP contribution in [0.3, 0.4) is 0 Å². The highest BCUT2D eigenvalue weighted by molar-refractivity contribution is 5.99. The first kappa shape index (κ1) is 28.1. The van der Waals surface area contributed by atoms with E-state index in [1.807, 2.05) is 80.6 Å². The third-order valence-electron chi connectivity index (χ3n) is 7.74. The fourth-order valence-corrected chi connectivity index (χ4v) is 5.35. The minimum atomic E-state index is -0.944. The molecule has 1 aliphatic heterocycles. The lowest BCUT2D eigenvalue weighted by atomic mass is 9.99. The lowest BCUT2D eigenvalue weighted by molar-refractivity contribution is -0.136. The van der Waals surface area contributed by atoms with Crippen molar-refractivity contribution in [2.45, 2.75) is 51.4 Å². The summed E-state index contributed by atoms with van der Waals surface area (Å²) in [5, 5.41) is 14.2. The van der Waals surface area contributed by atoms with Crippen molar-refractivity contribution < 1.29 is 23.9 Å². The van der Waals surface area contributed by atoms with E-state index >= 15 is 0 Å². The van der Waals surface area contributed by atoms with Gasteiger partial charge in [-0.25, -0.2) is 0 Å². The summed E-state index contributed by atoms with van der Waals surface area (Å²) >= 11 is 0. The van der Waals surface area contributed by atoms with Gasteiger partial charge in [0.05, 0.1) is 6.10 Å². The fraction of sp³-hybridized carbons (Fsp3) is 0.303. The quantitative estimate of drug-likeness (QED) is 0.343. The summed E-state index contributed by atoms with van der Waals surface area (Å²) in [4.78, 5) is 43.8. The molecule has 1 unspecified atom stereocenters. The molecule has 1 fully saturated rings. The average Bonchev–Trinajstić information content (AvgIpc) is 3.58. The lowest BCUT2D eigenvalue weighted by Gasteiger charge is -2.28. The first-order chi connectivity index (χ1) is 19.7. The Labute approximate surface area is 239 Å². The smallest absolute Gasteiger partial charge is 0.290 e. The van der Waals surface area contributed by atoms with Crippen LogP contribution in [-0.4, -0.2) is 64.4 Å². The molecule has 0 aliphatic carbocycles. The van der Waals surface area contributed by atoms with Gasteiger partial charge in [-0.2, -0.15) is 0 Å². The summed E-state index contributed by atoms with van der Waals surface area (Å²) in [6, 6.07) is 22.7. The van der Waals surface area contributed by atoms with Crippen LogP contribution in [0.4, 0.5) is 0 Å². The van der Waals surface area contributed by atoms with Crippen LogP contribution in [0, 0.1) is 13.8 Å². The zero-order chi connectivity index (χ0) is 29.1. The molecule has 2 heterocycles. The van der Waals surface area contributed by atoms with Gasteiger partial charge in [0.25, 0.3) is 5.91 Å². The van der Waals surface area contributed by atoms with Crippen molar-refractivity contribution in [2.75, 3.05) is 13.6 Å². The number of para-hydroxylation sites is 1. The standard InChI is InChI=1S/C33H35N3O5/c1-21-13-14-24(15-22(21)2)16-27(32(39)35(3)19-23-9-5-4-6-10-23)34-31(38)28-18-26(37)20-36(28)33(40)30-17-25-11-7-8-12-29(25)41-30/h4-15,17,26-28,37H,16,18-20H2,1-3H3,(H,34,38)/t26-,27+,28?/m1/s1. The predicted octanol–water partition coefficient (Wildman–Crippen LogP) is 4.01. The number of likely N-dealkylation sites (N-methyl/N-ethyl adjacent to an activating group) is 1. The van der Waals surface area contributed by atoms with Gasteiger partial charge in [-0.05, 0) is 48.2 Å². The van der Waals surface area contributed by atoms with Crippen molar-refractivity contribution >= 4 is 28.7 Å². The fourth-order valence-electron chi connectivity index (χ4n) is 5.35. The number of β-amino-alcohol motifs (C(OH)–C–C–N with tert-alkyl or cyclic N) is 1. The number of hydrogen-bond donors (Lipinski definition) is 2. The number of nitrogens with one attached hydrogen (secondary N) is 1. The van der Waals surface area contributed by atoms with Crippen molar-refractivity contribution in [2.24, 2.45) is 0 Å². The summed E-state index contributed by atoms with van der Waals surface area (Å²) in [5.74, 6) is -1.10. The molecule has 1 saturated heterocycles. The second-order valence-electron chi connectivity index (χ2n) is 10.9. The minimum Gasteiger partial charge on any atom is -0.451 e. The van der Waals surface area contributed by atoms with Gasteiger partial charge in [0, 0.05) is 38.4 Å². The van der Waals surface area contributed by atoms with Gasteiger partial charge >= 0.3 is 0 Å². The highest BCUT2D eigenvalue weighted by Crippen LogP contribution is 2.25. The first-order valence-corrected chi connectivity index (χ1v) is 13.8. The van der Waals surface area contributed by atoms with Crippen molar-refractivity contribution in [3.05, 3.63) is 107 Å². The van der Waals surface area contributed by atoms with E-state index in [2.05, 4.69) is 5.32 Å². The summed E-state index contributed by atoms with van der Waals surface area (Å²) in [7, 11) is 1.71. The summed E-state index contributed by atoms with van der Waals surface area (Å²) in [5.41, 5.74) is 4.69. The second-order valence-corrected chi connectivity index (χ2v) is 10.9. The van der Waals surface area contributed by atoms with E-state index < -0.39 is 30.0 Å². The predicted molar refractivity (Wildman–Crippen MR) is 156 cm³/mol. The molecule has 5 rings (SSSR count). The number of nitrogens with zero attached hydrogens (tertiary/aromatic N) is 2. The number of aliphatic hydroxyl groups excluding tert-OH is 1. The molecule has 41 heavy (non-hydrogen) atoms. The zero-order valence-electron chi connectivity index (χ0n) is 23.5. The Hall–Kier alpha value is -4.43. The van der Waals surface area contributed by atoms with Crippen LogP contribution in [0.25, 0.3) is 11.0 Å². The van der Waals surface area contributed by atoms with Gasteiger partial charge in [0.1, 0.15) is 17.7 Å². The Kier molecular flexibility index (Phi) is 8.21. The van der Waals surface area contributed by atoms with Crippen LogP contribution in [0.15, 0.2) is 83.3 Å². The number of furan rings is 1. The van der Waals surface area contributed by atoms with E-state index in [0.717, 1.165) is 27.6 Å². The molecule has 0 bridgehead atoms. The molecule has 2 N–H and O–H groups in total. The maximum Gasteiger partial charge on any atom is 0.290 e. The van der Waals surface area contributed by atoms with E-state index in [9.17, 15) is 19.5 Å². The maximum absolute atomic E-state index is 13.7. The Morgan fingerprint density at radius 2 is 1.71 bits per heavy atom. The number of likely N-dealkylation sites (tertiary alicyclic amines) is 1. The number of benzene rings is 3. The van der Waals surface area contributed by atoms with E-state index in [1.54, 1.807) is 24.1 Å². The highest BCUT2D eigenvalue weighted by atomic mass is 16.3. The molecule has 8 heteroatoms. The number of carbonyl (C=O) groups excluding carboxylic acids is 3. The van der Waals surface area contributed by atoms with Crippen LogP contribution in [-0.2, 0) is 22.6 Å². The van der Waals surface area contributed by atoms with Crippen LogP contribution in [0.5, 0.6) is 0 Å². The third kappa shape index (κ3) is 6.33. The normalized spacial score (nSPS) is 17.4. The highest BCUT2D eigenvalue weighted by Gasteiger charge is 2.41. The first-order valence-electron chi connectivity index (χ1n) is 13.8. The van der Waals surface area contributed by atoms with Crippen molar-refractivity contribution in [3.8, 4) is 0 Å². The molecule has 8 nitrogen and oxygen atoms in total. The number of hydrogen-bond acceptors (Lipinski definition) is 5. The number of aryl methyl sites for hydroxylation is 2. The molecule has 0 spiro atoms. The molecule has 4 aromatic rings. The Morgan fingerprint density at radius 3 is 2.44 bits per heavy atom. The molecule has 0 saturated carbocycles. The van der Waals surface area contributed by atoms with Gasteiger partial charge in [-0.3, -0.25) is 14.4 Å². The SMILES string of the molecule is Cc1ccc(C[C@H](NC(=O)C2C[C@@H](O)CN2C(=O)c2cc3ccccc3o2)C(=O)N(C)Cc2ccccc2)cc1C.